The second kappa shape index (κ2) is 3.32. The van der Waals surface area contributed by atoms with Crippen LogP contribution in [-0.4, -0.2) is 25.8 Å². The highest BCUT2D eigenvalue weighted by atomic mass is 32.2. The van der Waals surface area contributed by atoms with Gasteiger partial charge in [0.05, 0.1) is 5.75 Å². The van der Waals surface area contributed by atoms with Crippen LogP contribution < -0.4 is 5.73 Å². The molecule has 0 saturated heterocycles. The molecule has 0 saturated carbocycles. The van der Waals surface area contributed by atoms with E-state index in [9.17, 15) is 18.5 Å². The summed E-state index contributed by atoms with van der Waals surface area (Å²) in [6.07, 6.45) is 0. The third-order valence-corrected chi connectivity index (χ3v) is 1.63. The Hall–Kier alpha value is -0.890. The van der Waals surface area contributed by atoms with Crippen LogP contribution in [0.3, 0.4) is 0 Å². The van der Waals surface area contributed by atoms with Crippen molar-refractivity contribution in [3.63, 3.8) is 0 Å². The van der Waals surface area contributed by atoms with Gasteiger partial charge in [-0.2, -0.15) is 4.28 Å². The molecule has 60 valence electrons. The van der Waals surface area contributed by atoms with Crippen LogP contribution in [0.15, 0.2) is 0 Å². The van der Waals surface area contributed by atoms with Gasteiger partial charge in [0.2, 0.25) is 0 Å². The average Bonchev–Trinajstić information content (AvgIpc) is 1.59. The van der Waals surface area contributed by atoms with Gasteiger partial charge in [0.1, 0.15) is 0 Å². The first kappa shape index (κ1) is 9.11. The minimum atomic E-state index is -4.05. The molecule has 0 bridgehead atoms. The molecular weight excluding hydrogens is 164 g/mol. The number of rotatable bonds is 4. The lowest BCUT2D eigenvalue weighted by atomic mass is 10.8. The molecule has 7 nitrogen and oxygen atoms in total. The van der Waals surface area contributed by atoms with E-state index in [0.717, 1.165) is 0 Å². The number of nitrogens with zero attached hydrogens (tertiary/aromatic N) is 1. The van der Waals surface area contributed by atoms with E-state index in [1.54, 1.807) is 0 Å². The lowest BCUT2D eigenvalue weighted by Gasteiger charge is -1.95. The van der Waals surface area contributed by atoms with E-state index in [2.05, 4.69) is 4.28 Å². The Bertz CT molecular complexity index is 208. The molecule has 0 aliphatic carbocycles. The molecule has 2 N–H and O–H groups in total. The average molecular weight is 170 g/mol. The Kier molecular flexibility index (Phi) is 3.03. The summed E-state index contributed by atoms with van der Waals surface area (Å²) in [5.41, 5.74) is 4.81. The molecule has 0 aromatic heterocycles. The SMILES string of the molecule is NCCS(=O)(=O)O[N+](=O)[O-]. The van der Waals surface area contributed by atoms with E-state index < -0.39 is 21.0 Å². The summed E-state index contributed by atoms with van der Waals surface area (Å²) < 4.78 is 23.9. The van der Waals surface area contributed by atoms with Crippen LogP contribution in [0.5, 0.6) is 0 Å². The van der Waals surface area contributed by atoms with Crippen molar-refractivity contribution >= 4 is 10.1 Å². The number of nitrogens with two attached hydrogens (primary N) is 1. The van der Waals surface area contributed by atoms with Crippen LogP contribution in [0.1, 0.15) is 0 Å². The summed E-state index contributed by atoms with van der Waals surface area (Å²) in [6, 6.07) is 0. The van der Waals surface area contributed by atoms with Crippen molar-refractivity contribution in [1.82, 2.24) is 0 Å². The highest BCUT2D eigenvalue weighted by Crippen LogP contribution is 1.90. The van der Waals surface area contributed by atoms with Crippen molar-refractivity contribution in [2.24, 2.45) is 5.73 Å². The van der Waals surface area contributed by atoms with Crippen LogP contribution in [0, 0.1) is 10.1 Å². The number of hydrogen-bond acceptors (Lipinski definition) is 6. The monoisotopic (exact) mass is 170 g/mol. The largest absolute Gasteiger partial charge is 0.329 e. The van der Waals surface area contributed by atoms with Crippen molar-refractivity contribution < 1.29 is 17.8 Å². The summed E-state index contributed by atoms with van der Waals surface area (Å²) >= 11 is 0. The normalized spacial score (nSPS) is 10.9. The zero-order valence-electron chi connectivity index (χ0n) is 4.89. The molecule has 0 aliphatic rings. The van der Waals surface area contributed by atoms with Gasteiger partial charge in [0.15, 0.2) is 0 Å². The summed E-state index contributed by atoms with van der Waals surface area (Å²) in [6.45, 7) is -0.198. The minimum absolute atomic E-state index is 0.198. The van der Waals surface area contributed by atoms with Gasteiger partial charge in [0, 0.05) is 6.54 Å². The van der Waals surface area contributed by atoms with Crippen molar-refractivity contribution in [1.29, 1.82) is 0 Å². The predicted molar refractivity (Wildman–Crippen MR) is 30.9 cm³/mol. The quantitative estimate of drug-likeness (QED) is 0.405. The van der Waals surface area contributed by atoms with Gasteiger partial charge >= 0.3 is 15.2 Å². The molecular formula is C2H6N2O5S. The lowest BCUT2D eigenvalue weighted by Crippen LogP contribution is -2.20. The van der Waals surface area contributed by atoms with Crippen molar-refractivity contribution in [3.8, 4) is 0 Å². The van der Waals surface area contributed by atoms with Crippen LogP contribution >= 0.6 is 0 Å². The zero-order chi connectivity index (χ0) is 8.20. The van der Waals surface area contributed by atoms with E-state index in [1.807, 2.05) is 0 Å². The molecule has 0 fully saturated rings. The fourth-order valence-electron chi connectivity index (χ4n) is 0.274. The first-order valence-corrected chi connectivity index (χ1v) is 3.82. The highest BCUT2D eigenvalue weighted by molar-refractivity contribution is 7.86. The maximum absolute atomic E-state index is 10.3. The van der Waals surface area contributed by atoms with Crippen molar-refractivity contribution in [3.05, 3.63) is 10.1 Å². The Morgan fingerprint density at radius 1 is 1.60 bits per heavy atom. The molecule has 0 amide bonds. The van der Waals surface area contributed by atoms with E-state index >= 15 is 0 Å². The van der Waals surface area contributed by atoms with Gasteiger partial charge in [0.25, 0.3) is 0 Å². The summed E-state index contributed by atoms with van der Waals surface area (Å²) in [5.74, 6) is -0.548. The summed E-state index contributed by atoms with van der Waals surface area (Å²) in [7, 11) is -4.05. The third kappa shape index (κ3) is 4.04. The van der Waals surface area contributed by atoms with Gasteiger partial charge in [-0.1, -0.05) is 0 Å². The first-order valence-electron chi connectivity index (χ1n) is 2.24. The fourth-order valence-corrected chi connectivity index (χ4v) is 0.823. The van der Waals surface area contributed by atoms with Crippen molar-refractivity contribution in [2.45, 2.75) is 0 Å². The van der Waals surface area contributed by atoms with Crippen molar-refractivity contribution in [2.75, 3.05) is 12.3 Å². The first-order chi connectivity index (χ1) is 4.48. The van der Waals surface area contributed by atoms with E-state index in [0.29, 0.717) is 0 Å². The molecule has 0 radical (unpaired) electrons. The predicted octanol–water partition coefficient (Wildman–Crippen LogP) is -1.52. The maximum Gasteiger partial charge on any atom is 0.310 e. The Morgan fingerprint density at radius 2 is 2.10 bits per heavy atom. The molecule has 0 rings (SSSR count). The standard InChI is InChI=1S/C2H6N2O5S/c3-1-2-10(7,8)9-4(5)6/h1-3H2. The molecule has 8 heteroatoms. The Labute approximate surface area is 57.0 Å². The molecule has 0 heterocycles. The smallest absolute Gasteiger partial charge is 0.310 e. The highest BCUT2D eigenvalue weighted by Gasteiger charge is 2.13. The molecule has 0 aromatic rings. The second-order valence-electron chi connectivity index (χ2n) is 1.35. The van der Waals surface area contributed by atoms with Crippen LogP contribution in [0.25, 0.3) is 0 Å². The van der Waals surface area contributed by atoms with Crippen LogP contribution in [0.2, 0.25) is 0 Å². The van der Waals surface area contributed by atoms with Gasteiger partial charge < -0.3 is 5.73 Å². The molecule has 0 atom stereocenters. The lowest BCUT2D eigenvalue weighted by molar-refractivity contribution is -0.711. The van der Waals surface area contributed by atoms with Crippen LogP contribution in [-0.2, 0) is 14.4 Å². The summed E-state index contributed by atoms with van der Waals surface area (Å²) in [5, 5.41) is 8.07. The molecule has 0 spiro atoms. The molecule has 10 heavy (non-hydrogen) atoms. The zero-order valence-corrected chi connectivity index (χ0v) is 5.70. The molecule has 0 unspecified atom stereocenters. The maximum atomic E-state index is 10.3. The number of hydrogen-bond donors (Lipinski definition) is 1. The molecule has 0 aromatic carbocycles. The second-order valence-corrected chi connectivity index (χ2v) is 3.02. The van der Waals surface area contributed by atoms with E-state index in [1.165, 1.54) is 0 Å². The van der Waals surface area contributed by atoms with Gasteiger partial charge in [-0.3, -0.25) is 0 Å². The van der Waals surface area contributed by atoms with Gasteiger partial charge in [-0.25, -0.2) is 8.42 Å². The van der Waals surface area contributed by atoms with Gasteiger partial charge in [-0.15, -0.1) is 10.1 Å². The van der Waals surface area contributed by atoms with Crippen LogP contribution in [0.4, 0.5) is 0 Å². The fraction of sp³-hybridized carbons (Fsp3) is 1.00. The van der Waals surface area contributed by atoms with Gasteiger partial charge in [-0.05, 0) is 0 Å². The Morgan fingerprint density at radius 3 is 2.40 bits per heavy atom. The van der Waals surface area contributed by atoms with E-state index in [-0.39, 0.29) is 6.54 Å². The molecule has 0 aliphatic heterocycles. The van der Waals surface area contributed by atoms with E-state index in [4.69, 9.17) is 5.73 Å². The Balaban J connectivity index is 4.02. The third-order valence-electron chi connectivity index (χ3n) is 0.542. The summed E-state index contributed by atoms with van der Waals surface area (Å²) in [4.78, 5) is 9.45. The minimum Gasteiger partial charge on any atom is -0.329 e. The topological polar surface area (TPSA) is 113 Å².